The number of ether oxygens (including phenoxy) is 3. The summed E-state index contributed by atoms with van der Waals surface area (Å²) in [4.78, 5) is 43.0. The van der Waals surface area contributed by atoms with Gasteiger partial charge in [0, 0.05) is 0 Å². The van der Waals surface area contributed by atoms with Gasteiger partial charge in [0.1, 0.15) is 22.2 Å². The molecular formula is C33H54O6. The Balaban J connectivity index is 3.27. The fraction of sp³-hybridized carbons (Fsp3) is 0.788. The lowest BCUT2D eigenvalue weighted by molar-refractivity contribution is -0.192. The van der Waals surface area contributed by atoms with Gasteiger partial charge >= 0.3 is 17.9 Å². The number of hydrogen-bond acceptors (Lipinski definition) is 6. The van der Waals surface area contributed by atoms with Crippen LogP contribution in [0.3, 0.4) is 0 Å². The molecule has 0 radical (unpaired) electrons. The van der Waals surface area contributed by atoms with Crippen molar-refractivity contribution in [3.05, 3.63) is 22.3 Å². The Morgan fingerprint density at radius 1 is 0.487 bits per heavy atom. The number of hydrogen-bond donors (Lipinski definition) is 0. The van der Waals surface area contributed by atoms with E-state index in [4.69, 9.17) is 14.2 Å². The summed E-state index contributed by atoms with van der Waals surface area (Å²) in [6.07, 6.45) is 0. The van der Waals surface area contributed by atoms with Crippen LogP contribution in [0.25, 0.3) is 0 Å². The fourth-order valence-corrected chi connectivity index (χ4v) is 6.69. The Kier molecular flexibility index (Phi) is 7.59. The van der Waals surface area contributed by atoms with E-state index >= 15 is 0 Å². The van der Waals surface area contributed by atoms with E-state index < -0.39 is 61.8 Å². The average Bonchev–Trinajstić information content (AvgIpc) is 2.53. The largest absolute Gasteiger partial charge is 0.459 e. The SMILES string of the molecule is CC(C)(C)OC(=O)C1=C(C(=O)OC(C)(C)C)[C@]2(C(C)(C)C)C(C(C)(C)C)=C(C(C)(C)C)[C@]12C(=O)OC(C)(C)C. The molecule has 0 aliphatic heterocycles. The van der Waals surface area contributed by atoms with E-state index in [0.29, 0.717) is 0 Å². The highest BCUT2D eigenvalue weighted by Gasteiger charge is 2.87. The van der Waals surface area contributed by atoms with Crippen molar-refractivity contribution in [2.24, 2.45) is 27.1 Å². The maximum Gasteiger partial charge on any atom is 0.336 e. The van der Waals surface area contributed by atoms with E-state index in [1.807, 2.05) is 62.3 Å². The second kappa shape index (κ2) is 8.94. The highest BCUT2D eigenvalue weighted by molar-refractivity contribution is 6.17. The number of allylic oxidation sites excluding steroid dienone is 1. The van der Waals surface area contributed by atoms with Crippen LogP contribution < -0.4 is 0 Å². The molecule has 0 fully saturated rings. The van der Waals surface area contributed by atoms with E-state index in [1.165, 1.54) is 0 Å². The van der Waals surface area contributed by atoms with E-state index in [1.54, 1.807) is 41.5 Å². The standard InChI is InChI=1S/C33H54O6/c1-26(2,3)21-22(27(4,5)6)33(28(7,8)9)20(24(35)38-30(13,14)15)19(23(34)37-29(10,11)12)32(21,33)25(36)39-31(16,17)18/h1-18H3/t32-,33+/m0/s1. The van der Waals surface area contributed by atoms with Crippen molar-refractivity contribution in [2.75, 3.05) is 0 Å². The molecule has 2 aliphatic carbocycles. The van der Waals surface area contributed by atoms with Crippen molar-refractivity contribution < 1.29 is 28.6 Å². The number of esters is 3. The minimum absolute atomic E-state index is 0.0498. The monoisotopic (exact) mass is 546 g/mol. The van der Waals surface area contributed by atoms with Gasteiger partial charge in [0.25, 0.3) is 0 Å². The van der Waals surface area contributed by atoms with Crippen molar-refractivity contribution in [1.29, 1.82) is 0 Å². The second-order valence-electron chi connectivity index (χ2n) is 17.3. The van der Waals surface area contributed by atoms with Crippen LogP contribution in [0.4, 0.5) is 0 Å². The first-order valence-electron chi connectivity index (χ1n) is 14.1. The first kappa shape index (κ1) is 33.1. The second-order valence-corrected chi connectivity index (χ2v) is 17.3. The van der Waals surface area contributed by atoms with Crippen molar-refractivity contribution in [3.8, 4) is 0 Å². The molecule has 0 spiro atoms. The molecule has 222 valence electrons. The number of carbonyl (C=O) groups excluding carboxylic acids is 3. The Labute approximate surface area is 237 Å². The van der Waals surface area contributed by atoms with Gasteiger partial charge in [-0.15, -0.1) is 0 Å². The Bertz CT molecular complexity index is 1120. The normalized spacial score (nSPS) is 24.5. The summed E-state index contributed by atoms with van der Waals surface area (Å²) in [5, 5.41) is 0. The Morgan fingerprint density at radius 3 is 1.10 bits per heavy atom. The molecule has 0 amide bonds. The van der Waals surface area contributed by atoms with Crippen LogP contribution in [-0.4, -0.2) is 34.7 Å². The lowest BCUT2D eigenvalue weighted by Gasteiger charge is -2.75. The molecule has 0 unspecified atom stereocenters. The average molecular weight is 547 g/mol. The van der Waals surface area contributed by atoms with Gasteiger partial charge in [-0.1, -0.05) is 67.9 Å². The topological polar surface area (TPSA) is 78.9 Å². The maximum absolute atomic E-state index is 14.7. The molecule has 0 heterocycles. The lowest BCUT2D eigenvalue weighted by Crippen LogP contribution is -2.77. The molecule has 0 saturated carbocycles. The Morgan fingerprint density at radius 2 is 0.821 bits per heavy atom. The summed E-state index contributed by atoms with van der Waals surface area (Å²) in [6.45, 7) is 34.6. The van der Waals surface area contributed by atoms with E-state index in [2.05, 4.69) is 20.8 Å². The van der Waals surface area contributed by atoms with E-state index in [9.17, 15) is 14.4 Å². The zero-order chi connectivity index (χ0) is 31.2. The fourth-order valence-electron chi connectivity index (χ4n) is 6.69. The maximum atomic E-state index is 14.7. The number of rotatable bonds is 3. The third kappa shape index (κ3) is 5.22. The van der Waals surface area contributed by atoms with Gasteiger partial charge in [0.05, 0.1) is 16.6 Å². The van der Waals surface area contributed by atoms with Gasteiger partial charge in [-0.3, -0.25) is 4.79 Å². The zero-order valence-corrected chi connectivity index (χ0v) is 27.9. The molecule has 39 heavy (non-hydrogen) atoms. The van der Waals surface area contributed by atoms with Gasteiger partial charge in [-0.05, 0) is 84.1 Å². The van der Waals surface area contributed by atoms with Gasteiger partial charge < -0.3 is 14.2 Å². The zero-order valence-electron chi connectivity index (χ0n) is 27.9. The minimum Gasteiger partial charge on any atom is -0.459 e. The molecule has 2 atom stereocenters. The minimum atomic E-state index is -1.51. The number of carbonyl (C=O) groups is 3. The molecule has 0 aromatic heterocycles. The van der Waals surface area contributed by atoms with Crippen LogP contribution in [0.2, 0.25) is 0 Å². The summed E-state index contributed by atoms with van der Waals surface area (Å²) in [5.74, 6) is -1.83. The molecule has 0 bridgehead atoms. The van der Waals surface area contributed by atoms with Crippen molar-refractivity contribution in [2.45, 2.75) is 141 Å². The highest BCUT2D eigenvalue weighted by Crippen LogP contribution is 2.85. The third-order valence-corrected chi connectivity index (χ3v) is 7.10. The molecule has 2 aliphatic rings. The predicted octanol–water partition coefficient (Wildman–Crippen LogP) is 7.74. The van der Waals surface area contributed by atoms with E-state index in [-0.39, 0.29) is 11.1 Å². The molecule has 0 aromatic rings. The molecule has 6 nitrogen and oxygen atoms in total. The first-order chi connectivity index (χ1) is 16.9. The molecule has 0 aromatic carbocycles. The summed E-state index contributed by atoms with van der Waals surface area (Å²) < 4.78 is 18.0. The van der Waals surface area contributed by atoms with Crippen LogP contribution in [0.1, 0.15) is 125 Å². The summed E-state index contributed by atoms with van der Waals surface area (Å²) in [7, 11) is 0. The smallest absolute Gasteiger partial charge is 0.336 e. The van der Waals surface area contributed by atoms with Gasteiger partial charge in [-0.2, -0.15) is 0 Å². The quantitative estimate of drug-likeness (QED) is 0.205. The van der Waals surface area contributed by atoms with Crippen molar-refractivity contribution >= 4 is 17.9 Å². The van der Waals surface area contributed by atoms with Crippen LogP contribution in [-0.2, 0) is 28.6 Å². The van der Waals surface area contributed by atoms with Crippen LogP contribution in [0, 0.1) is 27.1 Å². The summed E-state index contributed by atoms with van der Waals surface area (Å²) in [6, 6.07) is 0. The summed E-state index contributed by atoms with van der Waals surface area (Å²) in [5.41, 5.74) is -4.70. The highest BCUT2D eigenvalue weighted by atomic mass is 16.6. The summed E-state index contributed by atoms with van der Waals surface area (Å²) >= 11 is 0. The lowest BCUT2D eigenvalue weighted by atomic mass is 9.24. The van der Waals surface area contributed by atoms with Gasteiger partial charge in [0.15, 0.2) is 0 Å². The van der Waals surface area contributed by atoms with Gasteiger partial charge in [-0.25, -0.2) is 9.59 Å². The molecular weight excluding hydrogens is 492 g/mol. The van der Waals surface area contributed by atoms with Crippen LogP contribution in [0.15, 0.2) is 22.3 Å². The molecule has 2 rings (SSSR count). The molecule has 0 N–H and O–H groups in total. The van der Waals surface area contributed by atoms with Gasteiger partial charge in [0.2, 0.25) is 0 Å². The van der Waals surface area contributed by atoms with Crippen molar-refractivity contribution in [3.63, 3.8) is 0 Å². The van der Waals surface area contributed by atoms with Crippen LogP contribution in [0.5, 0.6) is 0 Å². The Hall–Kier alpha value is -2.11. The first-order valence-corrected chi connectivity index (χ1v) is 14.1. The molecule has 6 heteroatoms. The van der Waals surface area contributed by atoms with E-state index in [0.717, 1.165) is 11.1 Å². The van der Waals surface area contributed by atoms with Crippen molar-refractivity contribution in [1.82, 2.24) is 0 Å². The predicted molar refractivity (Wildman–Crippen MR) is 155 cm³/mol. The number of fused-ring (bicyclic) bond motifs is 1. The van der Waals surface area contributed by atoms with Crippen LogP contribution >= 0.6 is 0 Å². The molecule has 0 saturated heterocycles. The third-order valence-electron chi connectivity index (χ3n) is 7.10.